The van der Waals surface area contributed by atoms with Gasteiger partial charge in [0.25, 0.3) is 10.0 Å². The molecule has 12 heteroatoms. The Morgan fingerprint density at radius 3 is 2.44 bits per heavy atom. The van der Waals surface area contributed by atoms with Crippen molar-refractivity contribution >= 4 is 38.0 Å². The molecule has 0 unspecified atom stereocenters. The lowest BCUT2D eigenvalue weighted by Crippen LogP contribution is -2.49. The number of benzene rings is 1. The van der Waals surface area contributed by atoms with Gasteiger partial charge in [-0.25, -0.2) is 18.4 Å². The smallest absolute Gasteiger partial charge is 0.285 e. The van der Waals surface area contributed by atoms with Crippen LogP contribution in [0.1, 0.15) is 0 Å². The van der Waals surface area contributed by atoms with Gasteiger partial charge in [-0.05, 0) is 24.3 Å². The van der Waals surface area contributed by atoms with E-state index in [4.69, 9.17) is 0 Å². The van der Waals surface area contributed by atoms with Gasteiger partial charge >= 0.3 is 0 Å². The predicted octanol–water partition coefficient (Wildman–Crippen LogP) is 0.130. The summed E-state index contributed by atoms with van der Waals surface area (Å²) in [6.45, 7) is 1.39. The van der Waals surface area contributed by atoms with E-state index in [-0.39, 0.29) is 22.9 Å². The van der Waals surface area contributed by atoms with Crippen molar-refractivity contribution in [1.82, 2.24) is 14.3 Å². The second kappa shape index (κ2) is 6.55. The molecule has 1 aromatic heterocycles. The maximum atomic E-state index is 12.9. The Morgan fingerprint density at radius 2 is 1.74 bits per heavy atom. The standard InChI is InChI=1S/C15H16N6O4S2/c22-26(23)14-10-12(2-3-13(14)18-11-19-26)27(24,25)21-8-6-20(7-9-21)15-16-4-1-5-17-15/h1-5,10-11H,6-9H2,(H,18,19). The van der Waals surface area contributed by atoms with Crippen LogP contribution in [0.3, 0.4) is 0 Å². The third-order valence-corrected chi connectivity index (χ3v) is 7.53. The molecule has 27 heavy (non-hydrogen) atoms. The SMILES string of the molecule is O=S1(=O)N=CNc2ccc(S(=O)(=O)N3CCN(c4ncccn4)CC3)cc21. The molecule has 0 bridgehead atoms. The quantitative estimate of drug-likeness (QED) is 0.760. The first-order valence-corrected chi connectivity index (χ1v) is 11.0. The second-order valence-electron chi connectivity index (χ2n) is 5.95. The number of anilines is 2. The maximum absolute atomic E-state index is 12.9. The minimum Gasteiger partial charge on any atom is -0.345 e. The molecular weight excluding hydrogens is 392 g/mol. The van der Waals surface area contributed by atoms with E-state index < -0.39 is 20.0 Å². The van der Waals surface area contributed by atoms with E-state index >= 15 is 0 Å². The molecule has 1 N–H and O–H groups in total. The van der Waals surface area contributed by atoms with Crippen molar-refractivity contribution in [1.29, 1.82) is 0 Å². The second-order valence-corrected chi connectivity index (χ2v) is 9.49. The highest BCUT2D eigenvalue weighted by Gasteiger charge is 2.31. The Kier molecular flexibility index (Phi) is 4.32. The number of hydrogen-bond acceptors (Lipinski definition) is 8. The lowest BCUT2D eigenvalue weighted by atomic mass is 10.3. The van der Waals surface area contributed by atoms with Crippen LogP contribution in [0.25, 0.3) is 0 Å². The van der Waals surface area contributed by atoms with E-state index in [9.17, 15) is 16.8 Å². The highest BCUT2D eigenvalue weighted by molar-refractivity contribution is 7.91. The van der Waals surface area contributed by atoms with Crippen LogP contribution >= 0.6 is 0 Å². The van der Waals surface area contributed by atoms with Crippen LogP contribution in [-0.2, 0) is 20.0 Å². The number of hydrogen-bond donors (Lipinski definition) is 1. The molecule has 2 aromatic rings. The maximum Gasteiger partial charge on any atom is 0.285 e. The summed E-state index contributed by atoms with van der Waals surface area (Å²) in [4.78, 5) is 10.0. The molecule has 0 atom stereocenters. The van der Waals surface area contributed by atoms with Gasteiger partial charge in [-0.15, -0.1) is 4.40 Å². The van der Waals surface area contributed by atoms with Gasteiger partial charge in [0.1, 0.15) is 11.2 Å². The van der Waals surface area contributed by atoms with E-state index in [1.54, 1.807) is 18.5 Å². The van der Waals surface area contributed by atoms with Gasteiger partial charge in [-0.3, -0.25) is 0 Å². The molecule has 1 aromatic carbocycles. The van der Waals surface area contributed by atoms with Crippen LogP contribution in [-0.4, -0.2) is 63.6 Å². The fourth-order valence-electron chi connectivity index (χ4n) is 2.95. The van der Waals surface area contributed by atoms with E-state index in [1.807, 2.05) is 4.90 Å². The van der Waals surface area contributed by atoms with Crippen molar-refractivity contribution in [2.45, 2.75) is 9.79 Å². The van der Waals surface area contributed by atoms with E-state index in [1.165, 1.54) is 16.4 Å². The van der Waals surface area contributed by atoms with E-state index in [0.29, 0.717) is 24.7 Å². The zero-order valence-electron chi connectivity index (χ0n) is 14.1. The summed E-state index contributed by atoms with van der Waals surface area (Å²) in [5, 5.41) is 2.70. The summed E-state index contributed by atoms with van der Waals surface area (Å²) in [6.07, 6.45) is 4.34. The number of nitrogens with zero attached hydrogens (tertiary/aromatic N) is 5. The van der Waals surface area contributed by atoms with Crippen LogP contribution in [0.5, 0.6) is 0 Å². The number of aromatic nitrogens is 2. The monoisotopic (exact) mass is 408 g/mol. The van der Waals surface area contributed by atoms with Gasteiger partial charge in [0, 0.05) is 38.6 Å². The fraction of sp³-hybridized carbons (Fsp3) is 0.267. The summed E-state index contributed by atoms with van der Waals surface area (Å²) in [5.74, 6) is 0.554. The Balaban J connectivity index is 1.57. The largest absolute Gasteiger partial charge is 0.345 e. The number of sulfonamides is 2. The number of piperazine rings is 1. The van der Waals surface area contributed by atoms with Crippen LogP contribution in [0.2, 0.25) is 0 Å². The molecule has 1 saturated heterocycles. The average Bonchev–Trinajstić information content (AvgIpc) is 2.68. The van der Waals surface area contributed by atoms with Gasteiger partial charge in [0.15, 0.2) is 0 Å². The Labute approximate surface area is 156 Å². The molecule has 2 aliphatic heterocycles. The van der Waals surface area contributed by atoms with Crippen molar-refractivity contribution in [3.05, 3.63) is 36.7 Å². The lowest BCUT2D eigenvalue weighted by molar-refractivity contribution is 0.382. The first-order valence-electron chi connectivity index (χ1n) is 8.09. The van der Waals surface area contributed by atoms with Crippen LogP contribution < -0.4 is 10.2 Å². The molecule has 0 amide bonds. The fourth-order valence-corrected chi connectivity index (χ4v) is 5.46. The molecule has 1 fully saturated rings. The summed E-state index contributed by atoms with van der Waals surface area (Å²) < 4.78 is 54.7. The minimum atomic E-state index is -3.90. The average molecular weight is 408 g/mol. The predicted molar refractivity (Wildman–Crippen MR) is 98.7 cm³/mol. The molecule has 0 aliphatic carbocycles. The molecule has 2 aliphatic rings. The highest BCUT2D eigenvalue weighted by Crippen LogP contribution is 2.30. The molecule has 4 rings (SSSR count). The van der Waals surface area contributed by atoms with Gasteiger partial charge in [-0.1, -0.05) is 0 Å². The molecule has 10 nitrogen and oxygen atoms in total. The lowest BCUT2D eigenvalue weighted by Gasteiger charge is -2.34. The third-order valence-electron chi connectivity index (χ3n) is 4.35. The molecular formula is C15H16N6O4S2. The first kappa shape index (κ1) is 17.8. The molecule has 3 heterocycles. The van der Waals surface area contributed by atoms with Crippen LogP contribution in [0.15, 0.2) is 50.8 Å². The zero-order valence-corrected chi connectivity index (χ0v) is 15.7. The van der Waals surface area contributed by atoms with Crippen molar-refractivity contribution in [3.63, 3.8) is 0 Å². The zero-order chi connectivity index (χ0) is 19.1. The number of nitrogens with one attached hydrogen (secondary N) is 1. The number of rotatable bonds is 3. The van der Waals surface area contributed by atoms with Crippen molar-refractivity contribution in [2.24, 2.45) is 4.40 Å². The topological polar surface area (TPSA) is 125 Å². The van der Waals surface area contributed by atoms with Gasteiger partial charge in [0.2, 0.25) is 16.0 Å². The summed E-state index contributed by atoms with van der Waals surface area (Å²) in [5.41, 5.74) is 0.301. The molecule has 0 spiro atoms. The molecule has 0 saturated carbocycles. The minimum absolute atomic E-state index is 0.0758. The Hall–Kier alpha value is -2.57. The number of fused-ring (bicyclic) bond motifs is 1. The van der Waals surface area contributed by atoms with Crippen LogP contribution in [0, 0.1) is 0 Å². The van der Waals surface area contributed by atoms with Gasteiger partial charge in [0.05, 0.1) is 10.6 Å². The third kappa shape index (κ3) is 3.26. The van der Waals surface area contributed by atoms with Crippen molar-refractivity contribution < 1.29 is 16.8 Å². The normalized spacial score (nSPS) is 19.3. The summed E-state index contributed by atoms with van der Waals surface area (Å²) in [6, 6.07) is 5.69. The Morgan fingerprint density at radius 1 is 1.04 bits per heavy atom. The summed E-state index contributed by atoms with van der Waals surface area (Å²) >= 11 is 0. The molecule has 142 valence electrons. The summed E-state index contributed by atoms with van der Waals surface area (Å²) in [7, 11) is -7.73. The van der Waals surface area contributed by atoms with Gasteiger partial charge in [-0.2, -0.15) is 12.7 Å². The first-order chi connectivity index (χ1) is 12.9. The van der Waals surface area contributed by atoms with Gasteiger partial charge < -0.3 is 10.2 Å². The Bertz CT molecular complexity index is 1090. The van der Waals surface area contributed by atoms with E-state index in [0.717, 1.165) is 12.4 Å². The molecule has 0 radical (unpaired) electrons. The van der Waals surface area contributed by atoms with Crippen LogP contribution in [0.4, 0.5) is 11.6 Å². The highest BCUT2D eigenvalue weighted by atomic mass is 32.2. The van der Waals surface area contributed by atoms with Crippen molar-refractivity contribution in [2.75, 3.05) is 36.4 Å². The van der Waals surface area contributed by atoms with E-state index in [2.05, 4.69) is 19.7 Å². The van der Waals surface area contributed by atoms with Crippen molar-refractivity contribution in [3.8, 4) is 0 Å².